The molecule has 0 aliphatic carbocycles. The number of hydrogen-bond donors (Lipinski definition) is 1. The molecule has 0 spiro atoms. The summed E-state index contributed by atoms with van der Waals surface area (Å²) in [5, 5.41) is 11.5. The molecule has 0 unspecified atom stereocenters. The van der Waals surface area contributed by atoms with Gasteiger partial charge in [-0.05, 0) is 31.4 Å². The molecule has 0 aromatic carbocycles. The Labute approximate surface area is 136 Å². The third-order valence-electron chi connectivity index (χ3n) is 3.80. The summed E-state index contributed by atoms with van der Waals surface area (Å²) in [4.78, 5) is 11.7. The second-order valence-corrected chi connectivity index (χ2v) is 6.47. The largest absolute Gasteiger partial charge is 0.744 e. The third kappa shape index (κ3) is 15.5. The number of Topliss-reactive ketones (excluding diaryl/α,β-unsaturated/α-hetero) is 1. The molecule has 4 heteroatoms. The SMILES string of the molecule is C=CN([O-])NCCCCCCCC(=O)CCCCCC(C)C. The van der Waals surface area contributed by atoms with E-state index in [1.54, 1.807) is 0 Å². The van der Waals surface area contributed by atoms with Crippen LogP contribution in [0.2, 0.25) is 0 Å². The Morgan fingerprint density at radius 2 is 1.59 bits per heavy atom. The molecule has 0 saturated carbocycles. The van der Waals surface area contributed by atoms with E-state index in [1.807, 2.05) is 0 Å². The minimum absolute atomic E-state index is 0.430. The predicted molar refractivity (Wildman–Crippen MR) is 94.0 cm³/mol. The lowest BCUT2D eigenvalue weighted by atomic mass is 10.0. The molecule has 0 bridgehead atoms. The van der Waals surface area contributed by atoms with Gasteiger partial charge in [-0.2, -0.15) is 0 Å². The van der Waals surface area contributed by atoms with E-state index in [0.29, 0.717) is 17.5 Å². The first-order valence-electron chi connectivity index (χ1n) is 8.90. The van der Waals surface area contributed by atoms with E-state index in [0.717, 1.165) is 57.3 Å². The standard InChI is InChI=1S/C18H35N2O2/c1-4-20(22)19-16-12-7-5-6-10-14-18(21)15-11-8-9-13-17(2)3/h4,17,19H,1,5-16H2,2-3H3/q-1. The van der Waals surface area contributed by atoms with E-state index in [4.69, 9.17) is 0 Å². The number of rotatable bonds is 16. The maximum Gasteiger partial charge on any atom is 0.132 e. The van der Waals surface area contributed by atoms with Gasteiger partial charge in [0.05, 0.1) is 0 Å². The fourth-order valence-electron chi connectivity index (χ4n) is 2.41. The van der Waals surface area contributed by atoms with Crippen LogP contribution in [0.3, 0.4) is 0 Å². The smallest absolute Gasteiger partial charge is 0.132 e. The molecule has 0 amide bonds. The minimum atomic E-state index is 0.430. The highest BCUT2D eigenvalue weighted by Gasteiger charge is 2.02. The number of hydrogen-bond acceptors (Lipinski definition) is 4. The number of hydroxylamine groups is 1. The minimum Gasteiger partial charge on any atom is -0.744 e. The molecule has 0 saturated heterocycles. The summed E-state index contributed by atoms with van der Waals surface area (Å²) in [5.41, 5.74) is 2.69. The van der Waals surface area contributed by atoms with Gasteiger partial charge < -0.3 is 10.4 Å². The lowest BCUT2D eigenvalue weighted by Gasteiger charge is -2.25. The van der Waals surface area contributed by atoms with Crippen LogP contribution in [-0.2, 0) is 4.79 Å². The lowest BCUT2D eigenvalue weighted by Crippen LogP contribution is -2.28. The summed E-state index contributed by atoms with van der Waals surface area (Å²) in [5.74, 6) is 1.21. The van der Waals surface area contributed by atoms with Crippen molar-refractivity contribution in [3.8, 4) is 0 Å². The number of nitrogens with zero attached hydrogens (tertiary/aromatic N) is 1. The Morgan fingerprint density at radius 1 is 1.05 bits per heavy atom. The molecule has 0 atom stereocenters. The molecule has 4 nitrogen and oxygen atoms in total. The number of hydrazine groups is 1. The number of ketones is 1. The van der Waals surface area contributed by atoms with Gasteiger partial charge in [-0.25, -0.2) is 5.43 Å². The van der Waals surface area contributed by atoms with Crippen LogP contribution in [0, 0.1) is 11.1 Å². The fraction of sp³-hybridized carbons (Fsp3) is 0.833. The molecular weight excluding hydrogens is 276 g/mol. The van der Waals surface area contributed by atoms with Crippen LogP contribution in [0.1, 0.15) is 84.5 Å². The number of unbranched alkanes of at least 4 members (excludes halogenated alkanes) is 6. The first-order chi connectivity index (χ1) is 10.6. The normalized spacial score (nSPS) is 10.9. The average molecular weight is 311 g/mol. The van der Waals surface area contributed by atoms with Crippen LogP contribution in [0.4, 0.5) is 0 Å². The molecule has 0 aromatic rings. The lowest BCUT2D eigenvalue weighted by molar-refractivity contribution is -0.119. The van der Waals surface area contributed by atoms with E-state index in [-0.39, 0.29) is 0 Å². The highest BCUT2D eigenvalue weighted by atomic mass is 16.5. The molecule has 0 heterocycles. The zero-order valence-electron chi connectivity index (χ0n) is 14.6. The van der Waals surface area contributed by atoms with Gasteiger partial charge in [0, 0.05) is 19.4 Å². The van der Waals surface area contributed by atoms with Gasteiger partial charge in [-0.15, -0.1) is 0 Å². The highest BCUT2D eigenvalue weighted by molar-refractivity contribution is 5.78. The Hall–Kier alpha value is -0.870. The fourth-order valence-corrected chi connectivity index (χ4v) is 2.41. The first-order valence-corrected chi connectivity index (χ1v) is 8.90. The van der Waals surface area contributed by atoms with E-state index in [2.05, 4.69) is 25.9 Å². The summed E-state index contributed by atoms with van der Waals surface area (Å²) in [6.07, 6.45) is 12.9. The average Bonchev–Trinajstić information content (AvgIpc) is 2.48. The van der Waals surface area contributed by atoms with Gasteiger partial charge in [0.25, 0.3) is 0 Å². The van der Waals surface area contributed by atoms with Crippen molar-refractivity contribution < 1.29 is 4.79 Å². The number of carbonyl (C=O) groups excluding carboxylic acids is 1. The van der Waals surface area contributed by atoms with Crippen LogP contribution < -0.4 is 5.43 Å². The second kappa shape index (κ2) is 15.0. The van der Waals surface area contributed by atoms with Crippen molar-refractivity contribution in [1.29, 1.82) is 0 Å². The molecule has 0 aliphatic heterocycles. The van der Waals surface area contributed by atoms with E-state index in [1.165, 1.54) is 25.5 Å². The van der Waals surface area contributed by atoms with Gasteiger partial charge in [0.2, 0.25) is 0 Å². The van der Waals surface area contributed by atoms with E-state index < -0.39 is 0 Å². The van der Waals surface area contributed by atoms with E-state index in [9.17, 15) is 10.0 Å². The predicted octanol–water partition coefficient (Wildman–Crippen LogP) is 4.95. The zero-order chi connectivity index (χ0) is 16.6. The Kier molecular flexibility index (Phi) is 14.4. The van der Waals surface area contributed by atoms with Crippen LogP contribution in [-0.4, -0.2) is 17.5 Å². The molecule has 0 rings (SSSR count). The van der Waals surface area contributed by atoms with Gasteiger partial charge in [-0.3, -0.25) is 4.79 Å². The second-order valence-electron chi connectivity index (χ2n) is 6.47. The molecule has 22 heavy (non-hydrogen) atoms. The Morgan fingerprint density at radius 3 is 2.18 bits per heavy atom. The maximum absolute atomic E-state index is 11.7. The number of nitrogens with one attached hydrogen (secondary N) is 1. The molecule has 1 N–H and O–H groups in total. The van der Waals surface area contributed by atoms with Crippen LogP contribution >= 0.6 is 0 Å². The highest BCUT2D eigenvalue weighted by Crippen LogP contribution is 2.12. The summed E-state index contributed by atoms with van der Waals surface area (Å²) in [6.45, 7) is 8.55. The van der Waals surface area contributed by atoms with Crippen molar-refractivity contribution >= 4 is 5.78 Å². The van der Waals surface area contributed by atoms with Crippen LogP contribution in [0.5, 0.6) is 0 Å². The Balaban J connectivity index is 3.23. The molecule has 0 aliphatic rings. The molecule has 0 fully saturated rings. The van der Waals surface area contributed by atoms with Gasteiger partial charge >= 0.3 is 0 Å². The molecule has 0 aromatic heterocycles. The third-order valence-corrected chi connectivity index (χ3v) is 3.80. The van der Waals surface area contributed by atoms with Crippen molar-refractivity contribution in [2.75, 3.05) is 6.54 Å². The van der Waals surface area contributed by atoms with Crippen molar-refractivity contribution in [2.45, 2.75) is 84.5 Å². The van der Waals surface area contributed by atoms with Gasteiger partial charge in [0.1, 0.15) is 5.78 Å². The van der Waals surface area contributed by atoms with Gasteiger partial charge in [0.15, 0.2) is 0 Å². The Bertz CT molecular complexity index is 280. The van der Waals surface area contributed by atoms with Crippen molar-refractivity contribution in [3.05, 3.63) is 18.0 Å². The maximum atomic E-state index is 11.7. The molecule has 130 valence electrons. The summed E-state index contributed by atoms with van der Waals surface area (Å²) < 4.78 is 0. The topological polar surface area (TPSA) is 55.4 Å². The molecular formula is C18H35N2O2-. The zero-order valence-corrected chi connectivity index (χ0v) is 14.6. The van der Waals surface area contributed by atoms with Crippen LogP contribution in [0.25, 0.3) is 0 Å². The molecule has 0 radical (unpaired) electrons. The van der Waals surface area contributed by atoms with Crippen molar-refractivity contribution in [1.82, 2.24) is 10.6 Å². The monoisotopic (exact) mass is 311 g/mol. The summed E-state index contributed by atoms with van der Waals surface area (Å²) in [6, 6.07) is 0. The van der Waals surface area contributed by atoms with Crippen molar-refractivity contribution in [3.63, 3.8) is 0 Å². The summed E-state index contributed by atoms with van der Waals surface area (Å²) >= 11 is 0. The first kappa shape index (κ1) is 21.1. The van der Waals surface area contributed by atoms with E-state index >= 15 is 0 Å². The van der Waals surface area contributed by atoms with Crippen molar-refractivity contribution in [2.24, 2.45) is 5.92 Å². The number of carbonyl (C=O) groups is 1. The van der Waals surface area contributed by atoms with Gasteiger partial charge in [-0.1, -0.05) is 59.0 Å². The summed E-state index contributed by atoms with van der Waals surface area (Å²) in [7, 11) is 0. The van der Waals surface area contributed by atoms with Crippen LogP contribution in [0.15, 0.2) is 12.8 Å². The quantitative estimate of drug-likeness (QED) is 0.324.